The molecule has 0 bridgehead atoms. The Kier molecular flexibility index (Phi) is 2.90. The van der Waals surface area contributed by atoms with Crippen LogP contribution >= 0.6 is 0 Å². The molecule has 0 amide bonds. The molecular formula is C13H21N3O. The third-order valence-corrected chi connectivity index (χ3v) is 3.99. The van der Waals surface area contributed by atoms with Gasteiger partial charge in [0.2, 0.25) is 5.89 Å². The van der Waals surface area contributed by atoms with Crippen LogP contribution < -0.4 is 0 Å². The number of likely N-dealkylation sites (tertiary alicyclic amines) is 1. The molecule has 4 heteroatoms. The number of piperidine rings is 1. The van der Waals surface area contributed by atoms with Crippen molar-refractivity contribution in [3.05, 3.63) is 11.7 Å². The van der Waals surface area contributed by atoms with Gasteiger partial charge in [-0.25, -0.2) is 0 Å². The molecule has 1 aliphatic heterocycles. The van der Waals surface area contributed by atoms with E-state index in [0.29, 0.717) is 5.92 Å². The zero-order valence-corrected chi connectivity index (χ0v) is 10.7. The first-order valence-electron chi connectivity index (χ1n) is 6.81. The van der Waals surface area contributed by atoms with Gasteiger partial charge in [0.1, 0.15) is 0 Å². The van der Waals surface area contributed by atoms with Crippen molar-refractivity contribution in [1.82, 2.24) is 15.0 Å². The zero-order chi connectivity index (χ0) is 11.8. The van der Waals surface area contributed by atoms with Gasteiger partial charge in [0.15, 0.2) is 5.82 Å². The smallest absolute Gasteiger partial charge is 0.243 e. The summed E-state index contributed by atoms with van der Waals surface area (Å²) in [6, 6.07) is 0.276. The molecule has 0 aromatic carbocycles. The predicted molar refractivity (Wildman–Crippen MR) is 64.7 cm³/mol. The van der Waals surface area contributed by atoms with E-state index in [9.17, 15) is 0 Å². The molecule has 0 N–H and O–H groups in total. The van der Waals surface area contributed by atoms with Crippen LogP contribution in [0.5, 0.6) is 0 Å². The SMILES string of the molecule is CC1CCCN(C(C)c2nc(C3CC3)no2)C1. The van der Waals surface area contributed by atoms with Crippen molar-refractivity contribution in [3.63, 3.8) is 0 Å². The Labute approximate surface area is 102 Å². The first-order valence-corrected chi connectivity index (χ1v) is 6.81. The van der Waals surface area contributed by atoms with Gasteiger partial charge in [-0.15, -0.1) is 0 Å². The summed E-state index contributed by atoms with van der Waals surface area (Å²) in [6.45, 7) is 6.82. The van der Waals surface area contributed by atoms with E-state index in [4.69, 9.17) is 4.52 Å². The monoisotopic (exact) mass is 235 g/mol. The zero-order valence-electron chi connectivity index (χ0n) is 10.7. The summed E-state index contributed by atoms with van der Waals surface area (Å²) in [5, 5.41) is 4.10. The van der Waals surface area contributed by atoms with Crippen molar-refractivity contribution in [2.45, 2.75) is 51.5 Å². The lowest BCUT2D eigenvalue weighted by Crippen LogP contribution is -2.36. The summed E-state index contributed by atoms with van der Waals surface area (Å²) in [7, 11) is 0. The number of hydrogen-bond donors (Lipinski definition) is 0. The molecule has 1 aliphatic carbocycles. The lowest BCUT2D eigenvalue weighted by atomic mass is 9.99. The van der Waals surface area contributed by atoms with Crippen molar-refractivity contribution < 1.29 is 4.52 Å². The molecule has 2 unspecified atom stereocenters. The van der Waals surface area contributed by atoms with E-state index in [2.05, 4.69) is 28.9 Å². The van der Waals surface area contributed by atoms with Gasteiger partial charge < -0.3 is 4.52 Å². The van der Waals surface area contributed by atoms with Crippen LogP contribution in [-0.4, -0.2) is 28.1 Å². The normalized spacial score (nSPS) is 28.2. The summed E-state index contributed by atoms with van der Waals surface area (Å²) in [5.41, 5.74) is 0. The molecule has 2 heterocycles. The second-order valence-electron chi connectivity index (χ2n) is 5.68. The van der Waals surface area contributed by atoms with E-state index < -0.39 is 0 Å². The first-order chi connectivity index (χ1) is 8.24. The van der Waals surface area contributed by atoms with Gasteiger partial charge >= 0.3 is 0 Å². The highest BCUT2D eigenvalue weighted by atomic mass is 16.5. The summed E-state index contributed by atoms with van der Waals surface area (Å²) >= 11 is 0. The average Bonchev–Trinajstić information content (AvgIpc) is 3.07. The van der Waals surface area contributed by atoms with Gasteiger partial charge in [0, 0.05) is 12.5 Å². The maximum absolute atomic E-state index is 5.41. The van der Waals surface area contributed by atoms with Crippen molar-refractivity contribution in [2.75, 3.05) is 13.1 Å². The van der Waals surface area contributed by atoms with Gasteiger partial charge in [-0.1, -0.05) is 12.1 Å². The Hall–Kier alpha value is -0.900. The van der Waals surface area contributed by atoms with Crippen molar-refractivity contribution in [3.8, 4) is 0 Å². The second-order valence-corrected chi connectivity index (χ2v) is 5.68. The number of nitrogens with zero attached hydrogens (tertiary/aromatic N) is 3. The van der Waals surface area contributed by atoms with E-state index in [1.165, 1.54) is 25.7 Å². The van der Waals surface area contributed by atoms with E-state index >= 15 is 0 Å². The van der Waals surface area contributed by atoms with Crippen molar-refractivity contribution in [1.29, 1.82) is 0 Å². The van der Waals surface area contributed by atoms with Crippen LogP contribution in [0.2, 0.25) is 0 Å². The molecule has 17 heavy (non-hydrogen) atoms. The van der Waals surface area contributed by atoms with Crippen LogP contribution in [-0.2, 0) is 0 Å². The minimum absolute atomic E-state index is 0.276. The topological polar surface area (TPSA) is 42.2 Å². The Bertz CT molecular complexity index is 386. The minimum atomic E-state index is 0.276. The largest absolute Gasteiger partial charge is 0.338 e. The summed E-state index contributed by atoms with van der Waals surface area (Å²) in [6.07, 6.45) is 5.09. The molecule has 2 aliphatic rings. The standard InChI is InChI=1S/C13H21N3O/c1-9-4-3-7-16(8-9)10(2)13-14-12(15-17-13)11-5-6-11/h9-11H,3-8H2,1-2H3. The van der Waals surface area contributed by atoms with Gasteiger partial charge in [-0.3, -0.25) is 4.90 Å². The van der Waals surface area contributed by atoms with Gasteiger partial charge in [-0.05, 0) is 45.1 Å². The maximum Gasteiger partial charge on any atom is 0.243 e. The highest BCUT2D eigenvalue weighted by Gasteiger charge is 2.31. The molecule has 94 valence electrons. The van der Waals surface area contributed by atoms with Gasteiger partial charge in [0.05, 0.1) is 6.04 Å². The van der Waals surface area contributed by atoms with Crippen LogP contribution in [0.1, 0.15) is 63.2 Å². The van der Waals surface area contributed by atoms with Crippen LogP contribution in [0.25, 0.3) is 0 Å². The molecule has 1 aromatic heterocycles. The molecule has 2 fully saturated rings. The van der Waals surface area contributed by atoms with Crippen LogP contribution in [0.15, 0.2) is 4.52 Å². The Morgan fingerprint density at radius 2 is 2.18 bits per heavy atom. The Morgan fingerprint density at radius 1 is 1.35 bits per heavy atom. The van der Waals surface area contributed by atoms with Crippen LogP contribution in [0.4, 0.5) is 0 Å². The summed E-state index contributed by atoms with van der Waals surface area (Å²) in [4.78, 5) is 7.02. The molecule has 1 saturated heterocycles. The average molecular weight is 235 g/mol. The van der Waals surface area contributed by atoms with Crippen LogP contribution in [0.3, 0.4) is 0 Å². The van der Waals surface area contributed by atoms with E-state index in [1.54, 1.807) is 0 Å². The molecular weight excluding hydrogens is 214 g/mol. The molecule has 4 nitrogen and oxygen atoms in total. The fourth-order valence-corrected chi connectivity index (χ4v) is 2.66. The fourth-order valence-electron chi connectivity index (χ4n) is 2.66. The number of aromatic nitrogens is 2. The summed E-state index contributed by atoms with van der Waals surface area (Å²) in [5.74, 6) is 3.11. The molecule has 3 rings (SSSR count). The van der Waals surface area contributed by atoms with Crippen molar-refractivity contribution >= 4 is 0 Å². The Balaban J connectivity index is 1.68. The highest BCUT2D eigenvalue weighted by molar-refractivity contribution is 5.04. The first kappa shape index (κ1) is 11.2. The molecule has 1 aromatic rings. The van der Waals surface area contributed by atoms with Crippen LogP contribution in [0, 0.1) is 5.92 Å². The Morgan fingerprint density at radius 3 is 2.88 bits per heavy atom. The van der Waals surface area contributed by atoms with E-state index in [1.807, 2.05) is 0 Å². The molecule has 1 saturated carbocycles. The second kappa shape index (κ2) is 4.41. The predicted octanol–water partition coefficient (Wildman–Crippen LogP) is 2.74. The van der Waals surface area contributed by atoms with Gasteiger partial charge in [0.25, 0.3) is 0 Å². The summed E-state index contributed by atoms with van der Waals surface area (Å²) < 4.78 is 5.41. The molecule has 0 spiro atoms. The van der Waals surface area contributed by atoms with Crippen molar-refractivity contribution in [2.24, 2.45) is 5.92 Å². The lowest BCUT2D eigenvalue weighted by molar-refractivity contribution is 0.117. The quantitative estimate of drug-likeness (QED) is 0.808. The molecule has 2 atom stereocenters. The number of rotatable bonds is 3. The van der Waals surface area contributed by atoms with E-state index in [0.717, 1.165) is 30.7 Å². The molecule has 0 radical (unpaired) electrons. The third kappa shape index (κ3) is 2.37. The minimum Gasteiger partial charge on any atom is -0.338 e. The lowest BCUT2D eigenvalue weighted by Gasteiger charge is -2.33. The van der Waals surface area contributed by atoms with E-state index in [-0.39, 0.29) is 6.04 Å². The maximum atomic E-state index is 5.41. The highest BCUT2D eigenvalue weighted by Crippen LogP contribution is 2.38. The number of hydrogen-bond acceptors (Lipinski definition) is 4. The fraction of sp³-hybridized carbons (Fsp3) is 0.846. The van der Waals surface area contributed by atoms with Gasteiger partial charge in [-0.2, -0.15) is 4.98 Å². The third-order valence-electron chi connectivity index (χ3n) is 3.99.